The lowest BCUT2D eigenvalue weighted by molar-refractivity contribution is -0.0232. The summed E-state index contributed by atoms with van der Waals surface area (Å²) >= 11 is 0. The van der Waals surface area contributed by atoms with Crippen molar-refractivity contribution < 1.29 is 47.4 Å². The zero-order valence-corrected chi connectivity index (χ0v) is 90.0. The van der Waals surface area contributed by atoms with Crippen LogP contribution >= 0.6 is 0 Å². The highest BCUT2D eigenvalue weighted by Crippen LogP contribution is 2.36. The monoisotopic (exact) mass is 1640 g/mol. The van der Waals surface area contributed by atoms with Crippen LogP contribution in [0.3, 0.4) is 0 Å². The first kappa shape index (κ1) is 118. The first-order valence-corrected chi connectivity index (χ1v) is 53.7. The van der Waals surface area contributed by atoms with Gasteiger partial charge in [-0.15, -0.1) is 0 Å². The van der Waals surface area contributed by atoms with Crippen LogP contribution < -0.4 is 23.7 Å². The maximum atomic E-state index is 6.04. The summed E-state index contributed by atoms with van der Waals surface area (Å²) in [7, 11) is 15.4. The highest BCUT2D eigenvalue weighted by Gasteiger charge is 2.32. The second-order valence-corrected chi connectivity index (χ2v) is 32.9. The molecule has 0 atom stereocenters. The van der Waals surface area contributed by atoms with Crippen molar-refractivity contribution in [3.8, 4) is 28.7 Å². The molecule has 4 aliphatic carbocycles. The third-order valence-electron chi connectivity index (χ3n) is 18.9. The smallest absolute Gasteiger partial charge is 0.120 e. The van der Waals surface area contributed by atoms with Gasteiger partial charge in [0, 0.05) is 35.5 Å². The summed E-state index contributed by atoms with van der Waals surface area (Å²) in [5.41, 5.74) is 0.659. The van der Waals surface area contributed by atoms with Crippen molar-refractivity contribution in [2.75, 3.05) is 35.5 Å². The van der Waals surface area contributed by atoms with Crippen LogP contribution in [-0.2, 0) is 23.7 Å². The van der Waals surface area contributed by atoms with E-state index in [0.29, 0.717) is 0 Å². The molecule has 4 fully saturated rings. The third kappa shape index (κ3) is 70.0. The molecule has 0 amide bonds. The number of ether oxygens (including phenoxy) is 10. The van der Waals surface area contributed by atoms with E-state index in [9.17, 15) is 0 Å². The van der Waals surface area contributed by atoms with Crippen LogP contribution in [0.15, 0.2) is 152 Å². The van der Waals surface area contributed by atoms with Gasteiger partial charge in [-0.25, -0.2) is 0 Å². The van der Waals surface area contributed by atoms with Crippen molar-refractivity contribution in [1.82, 2.24) is 0 Å². The SMILES string of the molecule is CC(C)(C)Oc1ccccc1.CC1(Oc2ccccc2)CCCC1.CC1(Oc2ccccc2)CCCCC1.CCC(C)(C)OC.CCC(C)(C)Oc1ccccc1.CCCC(C)(C)OC.CCCC(C)(C)Oc1ccccc1.COC(C)(C)C.COC1(C)CCCC1.COC1(C)CCCCC1.C[SiH3].C[SiH3].C[SiH3].C[SiH3].C[SiH3]. The zero-order valence-electron chi connectivity index (χ0n) is 80.0. The molecule has 4 saturated carbocycles. The van der Waals surface area contributed by atoms with Crippen molar-refractivity contribution in [1.29, 1.82) is 0 Å². The number of methoxy groups -OCH3 is 5. The van der Waals surface area contributed by atoms with Crippen LogP contribution in [-0.4, -0.2) is 143 Å². The first-order chi connectivity index (χ1) is 52.3. The van der Waals surface area contributed by atoms with E-state index in [1.165, 1.54) is 173 Å². The van der Waals surface area contributed by atoms with Crippen LogP contribution in [0, 0.1) is 0 Å². The highest BCUT2D eigenvalue weighted by molar-refractivity contribution is 6.06. The minimum absolute atomic E-state index is 0.0417. The van der Waals surface area contributed by atoms with E-state index in [2.05, 4.69) is 144 Å². The van der Waals surface area contributed by atoms with Gasteiger partial charge >= 0.3 is 0 Å². The van der Waals surface area contributed by atoms with E-state index in [0.717, 1.165) is 60.9 Å². The maximum Gasteiger partial charge on any atom is 0.120 e. The molecule has 0 saturated heterocycles. The van der Waals surface area contributed by atoms with Crippen LogP contribution in [0.4, 0.5) is 0 Å². The summed E-state index contributed by atoms with van der Waals surface area (Å²) in [4.78, 5) is 0. The number of para-hydroxylation sites is 5. The zero-order chi connectivity index (χ0) is 86.6. The van der Waals surface area contributed by atoms with E-state index in [4.69, 9.17) is 47.4 Å². The Morgan fingerprint density at radius 3 is 0.667 bits per heavy atom. The Labute approximate surface area is 705 Å². The average Bonchev–Trinajstić information content (AvgIpc) is 1.84. The molecule has 0 heterocycles. The van der Waals surface area contributed by atoms with Crippen LogP contribution in [0.5, 0.6) is 28.7 Å². The topological polar surface area (TPSA) is 92.3 Å². The predicted octanol–water partition coefficient (Wildman–Crippen LogP) is 23.7. The average molecular weight is 1640 g/mol. The van der Waals surface area contributed by atoms with Gasteiger partial charge in [0.15, 0.2) is 0 Å². The Hall–Kier alpha value is -4.02. The molecule has 0 radical (unpaired) electrons. The van der Waals surface area contributed by atoms with E-state index < -0.39 is 0 Å². The Kier molecular flexibility index (Phi) is 73.4. The van der Waals surface area contributed by atoms with Gasteiger partial charge < -0.3 is 47.4 Å². The van der Waals surface area contributed by atoms with Gasteiger partial charge in [-0.05, 0) is 339 Å². The summed E-state index contributed by atoms with van der Waals surface area (Å²) < 4.78 is 55.1. The van der Waals surface area contributed by atoms with Crippen LogP contribution in [0.1, 0.15) is 306 Å². The molecular weight excluding hydrogens is 1450 g/mol. The standard InChI is InChI=1S/C13H18O.C12H16O.C12H18O.C11H16O.C10H14O.C8H16O.C7H14O.C7H16O.C6H14O.C5H12O.5CH6Si/c1-13(10-6-3-7-11-13)14-12-8-4-2-5-9-12;1-12(9-5-6-10-12)13-11-7-3-2-4-8-11;1-4-10-12(2,3)13-11-8-6-5-7-9-11;1-4-11(2,3)12-10-8-6-5-7-9-10;1-10(2,3)11-9-7-5-4-6-8-9;1-8(9-2)6-4-3-5-7-8;1-7(8-2)5-3-4-6-7;1-5-6-7(2,3)8-4;1-5-6(2,3)7-4;1-5(2,3)6-4;5*1-2/h2,4-5,8-9H,3,6-7,10-11H2,1H3;2-4,7-8H,5-6,9-10H2,1H3;5-9H,4,10H2,1-3H3;5-9H,4H2,1-3H3;4-8H,1-3H3;3-7H2,1-2H3;3-6H2,1-2H3;5-6H2,1-4H3;5H2,1-4H3;1-4H3;5*1-2H3. The van der Waals surface area contributed by atoms with Gasteiger partial charge in [0.2, 0.25) is 0 Å². The molecule has 9 rings (SSSR count). The minimum Gasteiger partial charge on any atom is -0.488 e. The molecule has 4 aliphatic rings. The summed E-state index contributed by atoms with van der Waals surface area (Å²) in [6.07, 6.45) is 29.9. The van der Waals surface area contributed by atoms with E-state index in [1.54, 1.807) is 21.3 Å². The van der Waals surface area contributed by atoms with Gasteiger partial charge in [-0.3, -0.25) is 0 Å². The summed E-state index contributed by atoms with van der Waals surface area (Å²) in [5, 5.41) is 0. The lowest BCUT2D eigenvalue weighted by atomic mass is 9.86. The van der Waals surface area contributed by atoms with Crippen LogP contribution in [0.25, 0.3) is 0 Å². The van der Waals surface area contributed by atoms with E-state index in [-0.39, 0.29) is 56.0 Å². The highest BCUT2D eigenvalue weighted by atomic mass is 28.2. The normalized spacial score (nSPS) is 15.2. The molecule has 111 heavy (non-hydrogen) atoms. The van der Waals surface area contributed by atoms with Crippen LogP contribution in [0.2, 0.25) is 32.7 Å². The molecule has 15 heteroatoms. The van der Waals surface area contributed by atoms with Gasteiger partial charge in [-0.2, -0.15) is 0 Å². The summed E-state index contributed by atoms with van der Waals surface area (Å²) in [6, 6.07) is 50.1. The molecule has 0 spiro atoms. The molecule has 0 aromatic heterocycles. The molecule has 0 aliphatic heterocycles. The number of hydrogen-bond donors (Lipinski definition) is 0. The van der Waals surface area contributed by atoms with Gasteiger partial charge in [0.25, 0.3) is 0 Å². The molecule has 0 unspecified atom stereocenters. The first-order valence-electron chi connectivity index (χ1n) is 43.7. The second kappa shape index (κ2) is 69.1. The molecule has 648 valence electrons. The summed E-state index contributed by atoms with van der Waals surface area (Å²) in [6.45, 7) is 57.1. The molecule has 5 aromatic carbocycles. The Morgan fingerprint density at radius 2 is 0.477 bits per heavy atom. The van der Waals surface area contributed by atoms with E-state index >= 15 is 0 Å². The number of hydrogen-bond acceptors (Lipinski definition) is 10. The summed E-state index contributed by atoms with van der Waals surface area (Å²) in [5.74, 6) is 4.86. The molecule has 0 bridgehead atoms. The predicted molar refractivity (Wildman–Crippen MR) is 512 cm³/mol. The Morgan fingerprint density at radius 1 is 0.261 bits per heavy atom. The quantitative estimate of drug-likeness (QED) is 0.0744. The number of rotatable bonds is 19. The fourth-order valence-electron chi connectivity index (χ4n) is 11.0. The molecule has 5 aromatic rings. The van der Waals surface area contributed by atoms with Crippen molar-refractivity contribution in [3.63, 3.8) is 0 Å². The fourth-order valence-corrected chi connectivity index (χ4v) is 11.0. The van der Waals surface area contributed by atoms with Gasteiger partial charge in [-0.1, -0.05) is 203 Å². The maximum absolute atomic E-state index is 6.04. The van der Waals surface area contributed by atoms with Crippen molar-refractivity contribution in [3.05, 3.63) is 152 Å². The largest absolute Gasteiger partial charge is 0.488 e. The van der Waals surface area contributed by atoms with Crippen molar-refractivity contribution in [2.24, 2.45) is 0 Å². The Balaban J connectivity index is -0.000000275. The minimum atomic E-state index is -0.0959. The second-order valence-electron chi connectivity index (χ2n) is 32.9. The molecule has 0 N–H and O–H groups in total. The lowest BCUT2D eigenvalue weighted by Gasteiger charge is -2.34. The molecular formula is C96H184O10Si5. The Bertz CT molecular complexity index is 2700. The van der Waals surface area contributed by atoms with E-state index in [1.807, 2.05) is 207 Å². The van der Waals surface area contributed by atoms with Crippen molar-refractivity contribution in [2.45, 2.75) is 395 Å². The van der Waals surface area contributed by atoms with Gasteiger partial charge in [0.05, 0.1) is 28.0 Å². The fraction of sp³-hybridized carbons (Fsp3) is 0.688. The van der Waals surface area contributed by atoms with Crippen molar-refractivity contribution >= 4 is 51.2 Å². The third-order valence-corrected chi connectivity index (χ3v) is 18.9. The van der Waals surface area contributed by atoms with Gasteiger partial charge in [0.1, 0.15) is 56.8 Å². The lowest BCUT2D eigenvalue weighted by Crippen LogP contribution is -2.34. The number of benzene rings is 5. The molecule has 10 nitrogen and oxygen atoms in total.